The van der Waals surface area contributed by atoms with Crippen LogP contribution >= 0.6 is 11.3 Å². The van der Waals surface area contributed by atoms with Gasteiger partial charge in [0.25, 0.3) is 5.91 Å². The minimum absolute atomic E-state index is 0.0896. The van der Waals surface area contributed by atoms with Gasteiger partial charge in [-0.3, -0.25) is 10.1 Å². The molecule has 0 atom stereocenters. The molecule has 1 aromatic heterocycles. The zero-order chi connectivity index (χ0) is 17.2. The number of rotatable bonds is 4. The molecule has 128 valence electrons. The van der Waals surface area contributed by atoms with Crippen molar-refractivity contribution in [2.24, 2.45) is 0 Å². The summed E-state index contributed by atoms with van der Waals surface area (Å²) in [6.07, 6.45) is 2.58. The van der Waals surface area contributed by atoms with Gasteiger partial charge in [0, 0.05) is 13.1 Å². The van der Waals surface area contributed by atoms with E-state index < -0.39 is 21.7 Å². The molecule has 3 rings (SSSR count). The first-order chi connectivity index (χ1) is 11.5. The van der Waals surface area contributed by atoms with E-state index in [0.29, 0.717) is 13.1 Å². The molecule has 7 nitrogen and oxygen atoms in total. The maximum atomic E-state index is 14.0. The number of amides is 1. The molecular formula is C14H15FN4O3S2. The summed E-state index contributed by atoms with van der Waals surface area (Å²) in [5.74, 6) is -1.56. The lowest BCUT2D eigenvalue weighted by Gasteiger charge is -2.26. The number of halogens is 1. The third kappa shape index (κ3) is 3.45. The van der Waals surface area contributed by atoms with Crippen LogP contribution in [0.3, 0.4) is 0 Å². The Morgan fingerprint density at radius 2 is 2.00 bits per heavy atom. The molecule has 1 saturated heterocycles. The van der Waals surface area contributed by atoms with E-state index in [2.05, 4.69) is 15.5 Å². The van der Waals surface area contributed by atoms with Crippen molar-refractivity contribution in [2.75, 3.05) is 18.4 Å². The molecule has 0 radical (unpaired) electrons. The zero-order valence-corrected chi connectivity index (χ0v) is 14.2. The molecular weight excluding hydrogens is 355 g/mol. The van der Waals surface area contributed by atoms with Crippen LogP contribution in [0.2, 0.25) is 0 Å². The van der Waals surface area contributed by atoms with Gasteiger partial charge in [-0.1, -0.05) is 17.8 Å². The normalized spacial score (nSPS) is 16.0. The molecule has 1 aliphatic rings. The average molecular weight is 370 g/mol. The van der Waals surface area contributed by atoms with Gasteiger partial charge in [0.05, 0.1) is 10.5 Å². The number of hydrogen-bond acceptors (Lipinski definition) is 6. The first-order valence-corrected chi connectivity index (χ1v) is 9.67. The highest BCUT2D eigenvalue weighted by Crippen LogP contribution is 2.23. The number of nitrogens with one attached hydrogen (secondary N) is 1. The van der Waals surface area contributed by atoms with E-state index in [4.69, 9.17) is 0 Å². The average Bonchev–Trinajstić information content (AvgIpc) is 3.08. The Hall–Kier alpha value is -1.91. The Morgan fingerprint density at radius 3 is 2.67 bits per heavy atom. The van der Waals surface area contributed by atoms with Gasteiger partial charge in [0.1, 0.15) is 11.3 Å². The highest BCUT2D eigenvalue weighted by atomic mass is 32.2. The number of sulfonamides is 1. The number of anilines is 1. The third-order valence-corrected chi connectivity index (χ3v) is 6.22. The summed E-state index contributed by atoms with van der Waals surface area (Å²) in [5, 5.41) is 9.82. The van der Waals surface area contributed by atoms with Gasteiger partial charge in [0.2, 0.25) is 15.2 Å². The summed E-state index contributed by atoms with van der Waals surface area (Å²) < 4.78 is 40.6. The van der Waals surface area contributed by atoms with E-state index in [1.807, 2.05) is 0 Å². The molecule has 1 aromatic carbocycles. The lowest BCUT2D eigenvalue weighted by molar-refractivity contribution is 0.102. The van der Waals surface area contributed by atoms with Gasteiger partial charge in [-0.2, -0.15) is 4.31 Å². The van der Waals surface area contributed by atoms with Crippen LogP contribution in [0.25, 0.3) is 0 Å². The lowest BCUT2D eigenvalue weighted by Crippen LogP contribution is -2.35. The van der Waals surface area contributed by atoms with E-state index in [9.17, 15) is 17.6 Å². The highest BCUT2D eigenvalue weighted by molar-refractivity contribution is 7.89. The van der Waals surface area contributed by atoms with Crippen LogP contribution in [-0.4, -0.2) is 41.9 Å². The van der Waals surface area contributed by atoms with Crippen molar-refractivity contribution in [3.05, 3.63) is 35.1 Å². The van der Waals surface area contributed by atoms with Gasteiger partial charge < -0.3 is 0 Å². The Bertz CT molecular complexity index is 834. The molecule has 0 bridgehead atoms. The summed E-state index contributed by atoms with van der Waals surface area (Å²) in [4.78, 5) is 12.1. The summed E-state index contributed by atoms with van der Waals surface area (Å²) >= 11 is 1.08. The first kappa shape index (κ1) is 16.9. The van der Waals surface area contributed by atoms with Crippen LogP contribution in [0, 0.1) is 5.82 Å². The quantitative estimate of drug-likeness (QED) is 0.890. The Labute approximate surface area is 142 Å². The monoisotopic (exact) mass is 370 g/mol. The number of hydrogen-bond donors (Lipinski definition) is 1. The summed E-state index contributed by atoms with van der Waals surface area (Å²) in [7, 11) is -3.74. The zero-order valence-electron chi connectivity index (χ0n) is 12.6. The van der Waals surface area contributed by atoms with Crippen LogP contribution in [0.4, 0.5) is 9.52 Å². The molecule has 0 unspecified atom stereocenters. The number of piperidine rings is 1. The van der Waals surface area contributed by atoms with Gasteiger partial charge in [-0.25, -0.2) is 12.8 Å². The molecule has 2 heterocycles. The van der Waals surface area contributed by atoms with Gasteiger partial charge in [-0.05, 0) is 31.0 Å². The molecule has 10 heteroatoms. The van der Waals surface area contributed by atoms with E-state index >= 15 is 0 Å². The first-order valence-electron chi connectivity index (χ1n) is 7.36. The molecule has 1 N–H and O–H groups in total. The van der Waals surface area contributed by atoms with Gasteiger partial charge >= 0.3 is 0 Å². The maximum absolute atomic E-state index is 14.0. The number of carbonyl (C=O) groups is 1. The standard InChI is InChI=1S/C14H15FN4O3S2/c15-12-5-4-10(24(21,22)19-6-2-1-3-7-19)8-11(12)13(20)17-14-18-16-9-23-14/h4-5,8-9H,1-3,6-7H2,(H,17,18,20). The van der Waals surface area contributed by atoms with Crippen LogP contribution < -0.4 is 5.32 Å². The fourth-order valence-electron chi connectivity index (χ4n) is 2.49. The maximum Gasteiger partial charge on any atom is 0.260 e. The molecule has 1 fully saturated rings. The Kier molecular flexibility index (Phi) is 4.88. The van der Waals surface area contributed by atoms with Crippen molar-refractivity contribution in [1.29, 1.82) is 0 Å². The molecule has 0 aliphatic carbocycles. The van der Waals surface area contributed by atoms with Gasteiger partial charge in [-0.15, -0.1) is 10.2 Å². The number of benzene rings is 1. The van der Waals surface area contributed by atoms with Crippen molar-refractivity contribution >= 4 is 32.4 Å². The van der Waals surface area contributed by atoms with Crippen LogP contribution in [-0.2, 0) is 10.0 Å². The fourth-order valence-corrected chi connectivity index (χ4v) is 4.47. The van der Waals surface area contributed by atoms with Crippen molar-refractivity contribution in [2.45, 2.75) is 24.2 Å². The van der Waals surface area contributed by atoms with Crippen molar-refractivity contribution < 1.29 is 17.6 Å². The van der Waals surface area contributed by atoms with E-state index in [1.165, 1.54) is 15.9 Å². The van der Waals surface area contributed by atoms with Crippen molar-refractivity contribution in [3.63, 3.8) is 0 Å². The van der Waals surface area contributed by atoms with Crippen LogP contribution in [0.5, 0.6) is 0 Å². The van der Waals surface area contributed by atoms with Crippen LogP contribution in [0.1, 0.15) is 29.6 Å². The summed E-state index contributed by atoms with van der Waals surface area (Å²) in [5.41, 5.74) is 1.08. The lowest BCUT2D eigenvalue weighted by atomic mass is 10.2. The second-order valence-electron chi connectivity index (χ2n) is 5.30. The third-order valence-electron chi connectivity index (χ3n) is 3.72. The topological polar surface area (TPSA) is 92.3 Å². The van der Waals surface area contributed by atoms with Crippen molar-refractivity contribution in [1.82, 2.24) is 14.5 Å². The molecule has 2 aromatic rings. The minimum Gasteiger partial charge on any atom is -0.296 e. The van der Waals surface area contributed by atoms with E-state index in [1.54, 1.807) is 0 Å². The smallest absolute Gasteiger partial charge is 0.260 e. The summed E-state index contributed by atoms with van der Waals surface area (Å²) in [6, 6.07) is 3.24. The SMILES string of the molecule is O=C(Nc1nncs1)c1cc(S(=O)(=O)N2CCCCC2)ccc1F. The number of aromatic nitrogens is 2. The predicted molar refractivity (Wildman–Crippen MR) is 86.9 cm³/mol. The molecule has 1 amide bonds. The molecule has 0 saturated carbocycles. The Morgan fingerprint density at radius 1 is 1.25 bits per heavy atom. The number of nitrogens with zero attached hydrogens (tertiary/aromatic N) is 3. The van der Waals surface area contributed by atoms with Gasteiger partial charge in [0.15, 0.2) is 0 Å². The second kappa shape index (κ2) is 6.91. The largest absolute Gasteiger partial charge is 0.296 e. The van der Waals surface area contributed by atoms with E-state index in [-0.39, 0.29) is 15.6 Å². The van der Waals surface area contributed by atoms with E-state index in [0.717, 1.165) is 42.7 Å². The number of carbonyl (C=O) groups excluding carboxylic acids is 1. The van der Waals surface area contributed by atoms with Crippen molar-refractivity contribution in [3.8, 4) is 0 Å². The highest BCUT2D eigenvalue weighted by Gasteiger charge is 2.27. The summed E-state index contributed by atoms with van der Waals surface area (Å²) in [6.45, 7) is 0.873. The minimum atomic E-state index is -3.74. The second-order valence-corrected chi connectivity index (χ2v) is 8.08. The molecule has 0 spiro atoms. The molecule has 1 aliphatic heterocycles. The Balaban J connectivity index is 1.89. The fraction of sp³-hybridized carbons (Fsp3) is 0.357. The predicted octanol–water partition coefficient (Wildman–Crippen LogP) is 2.10. The molecule has 24 heavy (non-hydrogen) atoms. The van der Waals surface area contributed by atoms with Crippen LogP contribution in [0.15, 0.2) is 28.6 Å².